The topological polar surface area (TPSA) is 63.6 Å². The Labute approximate surface area is 136 Å². The Hall–Kier alpha value is -2.34. The van der Waals surface area contributed by atoms with Crippen LogP contribution in [-0.2, 0) is 20.9 Å². The molecule has 1 heterocycles. The molecule has 1 aromatic heterocycles. The lowest BCUT2D eigenvalue weighted by Gasteiger charge is -2.19. The molecule has 2 amide bonds. The highest BCUT2D eigenvalue weighted by Gasteiger charge is 2.12. The lowest BCUT2D eigenvalue weighted by atomic mass is 10.2. The fourth-order valence-electron chi connectivity index (χ4n) is 2.57. The summed E-state index contributed by atoms with van der Waals surface area (Å²) in [5, 5.41) is 3.75. The highest BCUT2D eigenvalue weighted by atomic mass is 16.5. The van der Waals surface area contributed by atoms with Crippen LogP contribution in [0, 0.1) is 0 Å². The minimum atomic E-state index is -0.192. The molecule has 124 valence electrons. The Kier molecular flexibility index (Phi) is 5.76. The van der Waals surface area contributed by atoms with E-state index in [0.29, 0.717) is 25.3 Å². The number of methoxy groups -OCH3 is 1. The van der Waals surface area contributed by atoms with Crippen LogP contribution in [0.15, 0.2) is 30.5 Å². The summed E-state index contributed by atoms with van der Waals surface area (Å²) in [7, 11) is 1.48. The summed E-state index contributed by atoms with van der Waals surface area (Å²) in [6, 6.07) is 7.57. The summed E-state index contributed by atoms with van der Waals surface area (Å²) in [5.41, 5.74) is 1.68. The van der Waals surface area contributed by atoms with Gasteiger partial charge in [-0.15, -0.1) is 0 Å². The molecule has 0 aliphatic rings. The van der Waals surface area contributed by atoms with Crippen LogP contribution in [0.2, 0.25) is 0 Å². The SMILES string of the molecule is CCN(CC)C(=O)Cn1ccc2cc(NC(=O)COC)ccc21. The van der Waals surface area contributed by atoms with Gasteiger partial charge in [0.05, 0.1) is 0 Å². The third kappa shape index (κ3) is 4.10. The number of rotatable bonds is 7. The summed E-state index contributed by atoms with van der Waals surface area (Å²) in [6.07, 6.45) is 1.90. The second kappa shape index (κ2) is 7.78. The molecule has 0 aliphatic heterocycles. The number of ether oxygens (including phenoxy) is 1. The van der Waals surface area contributed by atoms with Gasteiger partial charge in [-0.2, -0.15) is 0 Å². The van der Waals surface area contributed by atoms with Crippen LogP contribution in [0.3, 0.4) is 0 Å². The fourth-order valence-corrected chi connectivity index (χ4v) is 2.57. The van der Waals surface area contributed by atoms with E-state index in [-0.39, 0.29) is 18.4 Å². The standard InChI is InChI=1S/C17H23N3O3/c1-4-19(5-2)17(22)11-20-9-8-13-10-14(6-7-15(13)20)18-16(21)12-23-3/h6-10H,4-5,11-12H2,1-3H3,(H,18,21). The summed E-state index contributed by atoms with van der Waals surface area (Å²) in [6.45, 7) is 5.72. The van der Waals surface area contributed by atoms with Crippen LogP contribution in [0.25, 0.3) is 10.9 Å². The minimum absolute atomic E-state index is 0.0252. The number of carbonyl (C=O) groups excluding carboxylic acids is 2. The quantitative estimate of drug-likeness (QED) is 0.850. The molecule has 0 unspecified atom stereocenters. The number of hydrogen-bond acceptors (Lipinski definition) is 3. The van der Waals surface area contributed by atoms with Crippen molar-refractivity contribution in [3.8, 4) is 0 Å². The zero-order valence-corrected chi connectivity index (χ0v) is 13.8. The first-order valence-corrected chi connectivity index (χ1v) is 7.74. The van der Waals surface area contributed by atoms with Crippen molar-refractivity contribution in [1.29, 1.82) is 0 Å². The Morgan fingerprint density at radius 2 is 1.96 bits per heavy atom. The number of nitrogens with zero attached hydrogens (tertiary/aromatic N) is 2. The van der Waals surface area contributed by atoms with Gasteiger partial charge in [0, 0.05) is 43.0 Å². The van der Waals surface area contributed by atoms with Gasteiger partial charge < -0.3 is 19.5 Å². The van der Waals surface area contributed by atoms with E-state index < -0.39 is 0 Å². The molecule has 0 saturated carbocycles. The number of anilines is 1. The Bertz CT molecular complexity index is 689. The second-order valence-corrected chi connectivity index (χ2v) is 5.26. The van der Waals surface area contributed by atoms with Gasteiger partial charge in [0.2, 0.25) is 11.8 Å². The van der Waals surface area contributed by atoms with Crippen molar-refractivity contribution in [2.24, 2.45) is 0 Å². The van der Waals surface area contributed by atoms with Gasteiger partial charge in [0.25, 0.3) is 0 Å². The molecule has 1 aromatic carbocycles. The zero-order valence-electron chi connectivity index (χ0n) is 13.8. The largest absolute Gasteiger partial charge is 0.375 e. The Balaban J connectivity index is 2.15. The van der Waals surface area contributed by atoms with Crippen LogP contribution in [0.5, 0.6) is 0 Å². The molecule has 0 spiro atoms. The van der Waals surface area contributed by atoms with Crippen LogP contribution >= 0.6 is 0 Å². The van der Waals surface area contributed by atoms with Gasteiger partial charge in [-0.05, 0) is 38.1 Å². The number of hydrogen-bond donors (Lipinski definition) is 1. The van der Waals surface area contributed by atoms with E-state index in [0.717, 1.165) is 10.9 Å². The molecule has 0 aliphatic carbocycles. The van der Waals surface area contributed by atoms with Crippen LogP contribution in [0.1, 0.15) is 13.8 Å². The van der Waals surface area contributed by atoms with Crippen molar-refractivity contribution in [2.45, 2.75) is 20.4 Å². The number of nitrogens with one attached hydrogen (secondary N) is 1. The number of aromatic nitrogens is 1. The van der Waals surface area contributed by atoms with Gasteiger partial charge in [-0.25, -0.2) is 0 Å². The monoisotopic (exact) mass is 317 g/mol. The van der Waals surface area contributed by atoms with Crippen molar-refractivity contribution in [3.63, 3.8) is 0 Å². The van der Waals surface area contributed by atoms with E-state index in [1.807, 2.05) is 53.8 Å². The smallest absolute Gasteiger partial charge is 0.250 e. The number of carbonyl (C=O) groups is 2. The number of amides is 2. The van der Waals surface area contributed by atoms with Crippen LogP contribution in [-0.4, -0.2) is 48.1 Å². The number of benzene rings is 1. The summed E-state index contributed by atoms with van der Waals surface area (Å²) in [4.78, 5) is 25.6. The molecule has 0 bridgehead atoms. The predicted molar refractivity (Wildman–Crippen MR) is 90.4 cm³/mol. The lowest BCUT2D eigenvalue weighted by molar-refractivity contribution is -0.131. The normalized spacial score (nSPS) is 10.7. The van der Waals surface area contributed by atoms with Crippen molar-refractivity contribution in [2.75, 3.05) is 32.1 Å². The highest BCUT2D eigenvalue weighted by Crippen LogP contribution is 2.20. The van der Waals surface area contributed by atoms with Gasteiger partial charge in [-0.1, -0.05) is 0 Å². The Morgan fingerprint density at radius 1 is 1.22 bits per heavy atom. The molecular formula is C17H23N3O3. The molecule has 2 rings (SSSR count). The van der Waals surface area contributed by atoms with Crippen molar-refractivity contribution in [1.82, 2.24) is 9.47 Å². The molecule has 23 heavy (non-hydrogen) atoms. The molecule has 2 aromatic rings. The van der Waals surface area contributed by atoms with Crippen molar-refractivity contribution < 1.29 is 14.3 Å². The van der Waals surface area contributed by atoms with Crippen molar-refractivity contribution in [3.05, 3.63) is 30.5 Å². The van der Waals surface area contributed by atoms with Crippen molar-refractivity contribution >= 4 is 28.4 Å². The molecule has 0 saturated heterocycles. The number of fused-ring (bicyclic) bond motifs is 1. The molecule has 6 nitrogen and oxygen atoms in total. The van der Waals surface area contributed by atoms with Gasteiger partial charge in [0.15, 0.2) is 0 Å². The maximum Gasteiger partial charge on any atom is 0.250 e. The maximum atomic E-state index is 12.2. The molecule has 0 atom stereocenters. The molecule has 0 fully saturated rings. The molecule has 1 N–H and O–H groups in total. The predicted octanol–water partition coefficient (Wildman–Crippen LogP) is 2.09. The van der Waals surface area contributed by atoms with E-state index in [4.69, 9.17) is 4.74 Å². The van der Waals surface area contributed by atoms with Crippen LogP contribution in [0.4, 0.5) is 5.69 Å². The minimum Gasteiger partial charge on any atom is -0.375 e. The first kappa shape index (κ1) is 17.0. The van der Waals surface area contributed by atoms with Gasteiger partial charge in [-0.3, -0.25) is 9.59 Å². The summed E-state index contributed by atoms with van der Waals surface area (Å²) >= 11 is 0. The van der Waals surface area contributed by atoms with E-state index in [2.05, 4.69) is 5.32 Å². The fraction of sp³-hybridized carbons (Fsp3) is 0.412. The maximum absolute atomic E-state index is 12.2. The summed E-state index contributed by atoms with van der Waals surface area (Å²) in [5.74, 6) is -0.0898. The van der Waals surface area contributed by atoms with E-state index in [9.17, 15) is 9.59 Å². The van der Waals surface area contributed by atoms with Crippen LogP contribution < -0.4 is 5.32 Å². The third-order valence-corrected chi connectivity index (χ3v) is 3.75. The third-order valence-electron chi connectivity index (χ3n) is 3.75. The average molecular weight is 317 g/mol. The number of likely N-dealkylation sites (N-methyl/N-ethyl adjacent to an activating group) is 1. The lowest BCUT2D eigenvalue weighted by Crippen LogP contribution is -2.33. The average Bonchev–Trinajstić information content (AvgIpc) is 2.91. The first-order valence-electron chi connectivity index (χ1n) is 7.74. The zero-order chi connectivity index (χ0) is 16.8. The van der Waals surface area contributed by atoms with E-state index in [1.54, 1.807) is 0 Å². The highest BCUT2D eigenvalue weighted by molar-refractivity contribution is 5.94. The second-order valence-electron chi connectivity index (χ2n) is 5.26. The molecular weight excluding hydrogens is 294 g/mol. The summed E-state index contributed by atoms with van der Waals surface area (Å²) < 4.78 is 6.72. The molecule has 0 radical (unpaired) electrons. The van der Waals surface area contributed by atoms with Gasteiger partial charge >= 0.3 is 0 Å². The van der Waals surface area contributed by atoms with Gasteiger partial charge in [0.1, 0.15) is 13.2 Å². The molecule has 6 heteroatoms. The Morgan fingerprint density at radius 3 is 2.61 bits per heavy atom. The van der Waals surface area contributed by atoms with E-state index >= 15 is 0 Å². The van der Waals surface area contributed by atoms with E-state index in [1.165, 1.54) is 7.11 Å². The first-order chi connectivity index (χ1) is 11.1.